The van der Waals surface area contributed by atoms with E-state index < -0.39 is 11.2 Å². The first-order chi connectivity index (χ1) is 13.3. The van der Waals surface area contributed by atoms with E-state index in [1.54, 1.807) is 12.1 Å². The van der Waals surface area contributed by atoms with Gasteiger partial charge in [0.2, 0.25) is 0 Å². The van der Waals surface area contributed by atoms with Crippen LogP contribution in [0, 0.1) is 5.92 Å². The number of unbranched alkanes of at least 4 members (excludes halogenated alkanes) is 1. The van der Waals surface area contributed by atoms with Gasteiger partial charge < -0.3 is 14.6 Å². The lowest BCUT2D eigenvalue weighted by Gasteiger charge is -2.21. The summed E-state index contributed by atoms with van der Waals surface area (Å²) in [6, 6.07) is 7.19. The molecular weight excluding hydrogens is 368 g/mol. The summed E-state index contributed by atoms with van der Waals surface area (Å²) in [6.07, 6.45) is 4.95. The monoisotopic (exact) mass is 406 g/mol. The number of phenolic OH excluding ortho intramolecular Hbond substituents is 1. The standard InChI is InChI=1S/C24H38O5/c1-23(2,3)28-21(26)10-8-7-9-18(13-16-22(27)29-24(4,5)6)17-19-11-14-20(25)15-12-19/h11-12,14-15,18,25H,7-10,13,16-17H2,1-6H3. The summed E-state index contributed by atoms with van der Waals surface area (Å²) < 4.78 is 10.8. The highest BCUT2D eigenvalue weighted by Gasteiger charge is 2.19. The second-order valence-electron chi connectivity index (χ2n) is 9.69. The molecule has 0 aliphatic heterocycles. The van der Waals surface area contributed by atoms with Crippen LogP contribution in [0.4, 0.5) is 0 Å². The summed E-state index contributed by atoms with van der Waals surface area (Å²) >= 11 is 0. The third-order valence-corrected chi connectivity index (χ3v) is 4.30. The molecule has 5 nitrogen and oxygen atoms in total. The van der Waals surface area contributed by atoms with Gasteiger partial charge in [-0.25, -0.2) is 0 Å². The summed E-state index contributed by atoms with van der Waals surface area (Å²) in [5, 5.41) is 9.48. The van der Waals surface area contributed by atoms with Gasteiger partial charge in [-0.1, -0.05) is 25.0 Å². The van der Waals surface area contributed by atoms with Crippen molar-refractivity contribution < 1.29 is 24.2 Å². The molecule has 1 aromatic rings. The number of aromatic hydroxyl groups is 1. The summed E-state index contributed by atoms with van der Waals surface area (Å²) in [5.74, 6) is 0.213. The SMILES string of the molecule is CC(C)(C)OC(=O)CCCCC(CCC(=O)OC(C)(C)C)Cc1ccc(O)cc1. The Labute approximate surface area is 175 Å². The smallest absolute Gasteiger partial charge is 0.306 e. The van der Waals surface area contributed by atoms with E-state index in [2.05, 4.69) is 0 Å². The molecule has 1 aromatic carbocycles. The maximum atomic E-state index is 12.1. The van der Waals surface area contributed by atoms with Gasteiger partial charge in [0.15, 0.2) is 0 Å². The molecule has 0 aliphatic carbocycles. The van der Waals surface area contributed by atoms with Crippen LogP contribution in [0.15, 0.2) is 24.3 Å². The summed E-state index contributed by atoms with van der Waals surface area (Å²) in [6.45, 7) is 11.2. The number of rotatable bonds is 10. The highest BCUT2D eigenvalue weighted by Crippen LogP contribution is 2.23. The lowest BCUT2D eigenvalue weighted by atomic mass is 9.90. The molecule has 0 aliphatic rings. The van der Waals surface area contributed by atoms with Gasteiger partial charge in [-0.15, -0.1) is 0 Å². The van der Waals surface area contributed by atoms with Gasteiger partial charge in [0.25, 0.3) is 0 Å². The van der Waals surface area contributed by atoms with Crippen LogP contribution >= 0.6 is 0 Å². The molecule has 0 heterocycles. The molecule has 5 heteroatoms. The van der Waals surface area contributed by atoms with Crippen molar-refractivity contribution in [3.05, 3.63) is 29.8 Å². The maximum Gasteiger partial charge on any atom is 0.306 e. The number of hydrogen-bond donors (Lipinski definition) is 1. The zero-order valence-electron chi connectivity index (χ0n) is 18.9. The summed E-state index contributed by atoms with van der Waals surface area (Å²) in [5.41, 5.74) is 0.201. The van der Waals surface area contributed by atoms with Crippen molar-refractivity contribution in [3.8, 4) is 5.75 Å². The summed E-state index contributed by atoms with van der Waals surface area (Å²) in [7, 11) is 0. The Morgan fingerprint density at radius 1 is 0.828 bits per heavy atom. The minimum Gasteiger partial charge on any atom is -0.508 e. The Bertz CT molecular complexity index is 635. The lowest BCUT2D eigenvalue weighted by Crippen LogP contribution is -2.24. The molecule has 0 fully saturated rings. The maximum absolute atomic E-state index is 12.1. The number of esters is 2. The van der Waals surface area contributed by atoms with Gasteiger partial charge in [-0.05, 0) is 84.4 Å². The van der Waals surface area contributed by atoms with Crippen molar-refractivity contribution in [1.29, 1.82) is 0 Å². The lowest BCUT2D eigenvalue weighted by molar-refractivity contribution is -0.156. The third-order valence-electron chi connectivity index (χ3n) is 4.30. The summed E-state index contributed by atoms with van der Waals surface area (Å²) in [4.78, 5) is 24.0. The zero-order valence-corrected chi connectivity index (χ0v) is 18.9. The predicted molar refractivity (Wildman–Crippen MR) is 115 cm³/mol. The first-order valence-electron chi connectivity index (χ1n) is 10.6. The Hall–Kier alpha value is -2.04. The number of phenols is 1. The van der Waals surface area contributed by atoms with E-state index in [0.717, 1.165) is 37.7 Å². The normalized spacial score (nSPS) is 13.0. The zero-order chi connectivity index (χ0) is 22.1. The van der Waals surface area contributed by atoms with Gasteiger partial charge in [-0.3, -0.25) is 9.59 Å². The van der Waals surface area contributed by atoms with Crippen LogP contribution in [-0.4, -0.2) is 28.2 Å². The van der Waals surface area contributed by atoms with Crippen molar-refractivity contribution in [2.24, 2.45) is 5.92 Å². The minimum atomic E-state index is -0.475. The van der Waals surface area contributed by atoms with Crippen molar-refractivity contribution in [3.63, 3.8) is 0 Å². The van der Waals surface area contributed by atoms with Crippen molar-refractivity contribution >= 4 is 11.9 Å². The Kier molecular flexibility index (Phi) is 9.67. The second-order valence-corrected chi connectivity index (χ2v) is 9.69. The molecule has 0 bridgehead atoms. The van der Waals surface area contributed by atoms with Crippen molar-refractivity contribution in [2.75, 3.05) is 0 Å². The second kappa shape index (κ2) is 11.2. The fourth-order valence-electron chi connectivity index (χ4n) is 3.12. The molecule has 1 N–H and O–H groups in total. The van der Waals surface area contributed by atoms with Gasteiger partial charge in [0, 0.05) is 12.8 Å². The molecule has 0 amide bonds. The molecule has 1 atom stereocenters. The van der Waals surface area contributed by atoms with Crippen molar-refractivity contribution in [2.45, 2.75) is 97.7 Å². The molecule has 0 saturated carbocycles. The first-order valence-corrected chi connectivity index (χ1v) is 10.6. The van der Waals surface area contributed by atoms with E-state index in [-0.39, 0.29) is 17.7 Å². The molecule has 0 aromatic heterocycles. The number of carbonyl (C=O) groups excluding carboxylic acids is 2. The van der Waals surface area contributed by atoms with Crippen LogP contribution in [-0.2, 0) is 25.5 Å². The number of hydrogen-bond acceptors (Lipinski definition) is 5. The largest absolute Gasteiger partial charge is 0.508 e. The van der Waals surface area contributed by atoms with Crippen LogP contribution in [0.3, 0.4) is 0 Å². The van der Waals surface area contributed by atoms with Gasteiger partial charge in [0.05, 0.1) is 0 Å². The van der Waals surface area contributed by atoms with Crippen LogP contribution in [0.2, 0.25) is 0 Å². The molecule has 0 radical (unpaired) electrons. The molecule has 0 saturated heterocycles. The van der Waals surface area contributed by atoms with E-state index in [1.165, 1.54) is 0 Å². The van der Waals surface area contributed by atoms with Crippen LogP contribution in [0.25, 0.3) is 0 Å². The average molecular weight is 407 g/mol. The topological polar surface area (TPSA) is 72.8 Å². The highest BCUT2D eigenvalue weighted by atomic mass is 16.6. The first kappa shape index (κ1) is 25.0. The van der Waals surface area contributed by atoms with E-state index in [1.807, 2.05) is 53.7 Å². The van der Waals surface area contributed by atoms with Gasteiger partial charge >= 0.3 is 11.9 Å². The molecule has 1 rings (SSSR count). The Balaban J connectivity index is 2.54. The van der Waals surface area contributed by atoms with Gasteiger partial charge in [-0.2, -0.15) is 0 Å². The Morgan fingerprint density at radius 2 is 1.34 bits per heavy atom. The van der Waals surface area contributed by atoms with Gasteiger partial charge in [0.1, 0.15) is 17.0 Å². The average Bonchev–Trinajstić information content (AvgIpc) is 2.55. The van der Waals surface area contributed by atoms with Crippen LogP contribution in [0.1, 0.15) is 85.6 Å². The molecule has 0 spiro atoms. The molecule has 1 unspecified atom stereocenters. The van der Waals surface area contributed by atoms with E-state index in [4.69, 9.17) is 9.47 Å². The molecular formula is C24H38O5. The fraction of sp³-hybridized carbons (Fsp3) is 0.667. The predicted octanol–water partition coefficient (Wildman–Crippen LogP) is 5.57. The quantitative estimate of drug-likeness (QED) is 0.406. The highest BCUT2D eigenvalue weighted by molar-refractivity contribution is 5.70. The van der Waals surface area contributed by atoms with E-state index in [0.29, 0.717) is 18.8 Å². The molecule has 164 valence electrons. The third kappa shape index (κ3) is 12.9. The van der Waals surface area contributed by atoms with E-state index in [9.17, 15) is 14.7 Å². The number of carbonyl (C=O) groups is 2. The molecule has 29 heavy (non-hydrogen) atoms. The number of benzene rings is 1. The Morgan fingerprint density at radius 3 is 1.86 bits per heavy atom. The van der Waals surface area contributed by atoms with E-state index >= 15 is 0 Å². The minimum absolute atomic E-state index is 0.165. The van der Waals surface area contributed by atoms with Crippen LogP contribution in [0.5, 0.6) is 5.75 Å². The number of ether oxygens (including phenoxy) is 2. The van der Waals surface area contributed by atoms with Crippen molar-refractivity contribution in [1.82, 2.24) is 0 Å². The van der Waals surface area contributed by atoms with Crippen LogP contribution < -0.4 is 0 Å². The fourth-order valence-corrected chi connectivity index (χ4v) is 3.12.